The lowest BCUT2D eigenvalue weighted by Crippen LogP contribution is -2.22. The van der Waals surface area contributed by atoms with Crippen molar-refractivity contribution in [2.24, 2.45) is 26.0 Å². The van der Waals surface area contributed by atoms with Crippen LogP contribution in [0.4, 0.5) is 0 Å². The Kier molecular flexibility index (Phi) is 6.85. The lowest BCUT2D eigenvalue weighted by Gasteiger charge is -2.06. The Balaban J connectivity index is 2.55. The summed E-state index contributed by atoms with van der Waals surface area (Å²) in [5, 5.41) is 7.08. The van der Waals surface area contributed by atoms with Crippen molar-refractivity contribution in [2.45, 2.75) is 19.8 Å². The highest BCUT2D eigenvalue weighted by Crippen LogP contribution is 2.23. The molecule has 1 unspecified atom stereocenters. The fourth-order valence-corrected chi connectivity index (χ4v) is 3.54. The molecule has 0 amide bonds. The molecule has 20 heavy (non-hydrogen) atoms. The van der Waals surface area contributed by atoms with Crippen LogP contribution in [-0.2, 0) is 10.2 Å². The van der Waals surface area contributed by atoms with E-state index in [0.29, 0.717) is 23.1 Å². The van der Waals surface area contributed by atoms with Crippen LogP contribution in [0.25, 0.3) is 0 Å². The third-order valence-corrected chi connectivity index (χ3v) is 4.70. The van der Waals surface area contributed by atoms with Gasteiger partial charge in [0, 0.05) is 6.42 Å². The van der Waals surface area contributed by atoms with Gasteiger partial charge in [-0.25, -0.2) is 5.14 Å². The molecule has 8 nitrogen and oxygen atoms in total. The second kappa shape index (κ2) is 7.90. The first-order valence-corrected chi connectivity index (χ1v) is 9.50. The molecule has 1 rings (SSSR count). The number of nitrogens with one attached hydrogen (secondary N) is 1. The fourth-order valence-electron chi connectivity index (χ4n) is 1.23. The zero-order valence-electron chi connectivity index (χ0n) is 10.9. The largest absolute Gasteiger partial charge is 0.318 e. The van der Waals surface area contributed by atoms with Gasteiger partial charge in [-0.15, -0.1) is 4.40 Å². The van der Waals surface area contributed by atoms with E-state index in [-0.39, 0.29) is 0 Å². The van der Waals surface area contributed by atoms with E-state index in [1.54, 1.807) is 5.55 Å². The molecule has 0 radical (unpaired) electrons. The molecule has 11 heteroatoms. The van der Waals surface area contributed by atoms with Crippen molar-refractivity contribution in [2.75, 3.05) is 5.75 Å². The van der Waals surface area contributed by atoms with E-state index in [9.17, 15) is 8.42 Å². The molecule has 0 saturated heterocycles. The van der Waals surface area contributed by atoms with Gasteiger partial charge in [-0.3, -0.25) is 16.5 Å². The van der Waals surface area contributed by atoms with E-state index >= 15 is 0 Å². The van der Waals surface area contributed by atoms with E-state index in [2.05, 4.69) is 14.1 Å². The molecule has 1 aliphatic rings. The minimum absolute atomic E-state index is 0.323. The zero-order valence-corrected chi connectivity index (χ0v) is 13.4. The van der Waals surface area contributed by atoms with Gasteiger partial charge in [0.2, 0.25) is 0 Å². The average Bonchev–Trinajstić information content (AvgIpc) is 2.76. The summed E-state index contributed by atoms with van der Waals surface area (Å²) in [5.74, 6) is 0.868. The van der Waals surface area contributed by atoms with Crippen LogP contribution in [0.15, 0.2) is 20.5 Å². The summed E-state index contributed by atoms with van der Waals surface area (Å²) in [6.07, 6.45) is 1.25. The van der Waals surface area contributed by atoms with Crippen molar-refractivity contribution in [3.63, 3.8) is 0 Å². The summed E-state index contributed by atoms with van der Waals surface area (Å²) in [6, 6.07) is 0. The molecule has 1 atom stereocenters. The number of amidine groups is 1. The molecule has 0 saturated carbocycles. The Hall–Kier alpha value is -0.720. The van der Waals surface area contributed by atoms with Crippen molar-refractivity contribution < 1.29 is 8.42 Å². The first-order chi connectivity index (χ1) is 9.31. The number of aliphatic imine (C=N–C) groups is 1. The second-order valence-electron chi connectivity index (χ2n) is 3.81. The van der Waals surface area contributed by atoms with Crippen molar-refractivity contribution in [3.05, 3.63) is 11.1 Å². The van der Waals surface area contributed by atoms with Crippen LogP contribution >= 0.6 is 22.4 Å². The minimum Gasteiger partial charge on any atom is -0.317 e. The maximum absolute atomic E-state index is 10.9. The first-order valence-electron chi connectivity index (χ1n) is 5.66. The zero-order chi connectivity index (χ0) is 15.2. The topological polar surface area (TPSA) is 149 Å². The Labute approximate surface area is 125 Å². The third-order valence-electron chi connectivity index (χ3n) is 2.00. The first kappa shape index (κ1) is 17.3. The molecule has 0 aromatic heterocycles. The van der Waals surface area contributed by atoms with Gasteiger partial charge in [0.15, 0.2) is 0 Å². The monoisotopic (exact) mass is 338 g/mol. The molecule has 0 aromatic rings. The van der Waals surface area contributed by atoms with Gasteiger partial charge in [-0.1, -0.05) is 17.4 Å². The number of rotatable bonds is 6. The van der Waals surface area contributed by atoms with Gasteiger partial charge in [-0.2, -0.15) is 8.42 Å². The smallest absolute Gasteiger partial charge is 0.317 e. The van der Waals surface area contributed by atoms with Gasteiger partial charge in [0.25, 0.3) is 0 Å². The molecule has 0 spiro atoms. The van der Waals surface area contributed by atoms with E-state index < -0.39 is 20.7 Å². The summed E-state index contributed by atoms with van der Waals surface area (Å²) in [6.45, 7) is 1.92. The molecular weight excluding hydrogens is 320 g/mol. The van der Waals surface area contributed by atoms with Crippen LogP contribution in [-0.4, -0.2) is 30.7 Å². The van der Waals surface area contributed by atoms with Gasteiger partial charge in [0.05, 0.1) is 22.1 Å². The molecule has 114 valence electrons. The van der Waals surface area contributed by atoms with Crippen LogP contribution < -0.4 is 21.3 Å². The van der Waals surface area contributed by atoms with E-state index in [1.807, 2.05) is 12.3 Å². The van der Waals surface area contributed by atoms with Crippen LogP contribution in [0.1, 0.15) is 19.8 Å². The summed E-state index contributed by atoms with van der Waals surface area (Å²) in [7, 11) is -4.29. The average molecular weight is 338 g/mol. The lowest BCUT2D eigenvalue weighted by molar-refractivity contribution is 0.599. The predicted octanol–water partition coefficient (Wildman–Crippen LogP) is -0.217. The van der Waals surface area contributed by atoms with Crippen LogP contribution in [0.5, 0.6) is 0 Å². The highest BCUT2D eigenvalue weighted by Gasteiger charge is 2.07. The SMILES string of the molecule is CCC/C(=N\S(N)(=O)=O)NSCC1=CS(=C(N)N)C=N1. The van der Waals surface area contributed by atoms with Gasteiger partial charge >= 0.3 is 10.2 Å². The van der Waals surface area contributed by atoms with Gasteiger partial charge in [0.1, 0.15) is 5.84 Å². The quantitative estimate of drug-likeness (QED) is 0.228. The third kappa shape index (κ3) is 6.63. The molecule has 1 heterocycles. The minimum atomic E-state index is -3.88. The summed E-state index contributed by atoms with van der Waals surface area (Å²) in [4.78, 5) is 4.18. The molecule has 1 aliphatic heterocycles. The molecule has 0 aromatic carbocycles. The highest BCUT2D eigenvalue weighted by atomic mass is 32.2. The fraction of sp³-hybridized carbons (Fsp3) is 0.444. The number of hydrogen-bond acceptors (Lipinski definition) is 4. The Bertz CT molecular complexity index is 574. The van der Waals surface area contributed by atoms with E-state index in [0.717, 1.165) is 12.1 Å². The standard InChI is InChI=1S/C9H18N6O2S3/c1-2-3-8(15-20(12,16)17)14-18-4-7-5-19(6-13-7)9(10)11/h5-6H,2-4,10-11H2,1H3,(H,14,15)(H2,12,16,17). The predicted molar refractivity (Wildman–Crippen MR) is 88.6 cm³/mol. The van der Waals surface area contributed by atoms with Crippen LogP contribution in [0.3, 0.4) is 0 Å². The number of nitrogens with two attached hydrogens (primary N) is 3. The normalized spacial score (nSPS) is 19.1. The number of nitrogens with zero attached hydrogens (tertiary/aromatic N) is 2. The Morgan fingerprint density at radius 1 is 1.55 bits per heavy atom. The Morgan fingerprint density at radius 2 is 2.25 bits per heavy atom. The Morgan fingerprint density at radius 3 is 2.75 bits per heavy atom. The molecular formula is C9H18N6O2S3. The van der Waals surface area contributed by atoms with Gasteiger partial charge in [-0.05, 0) is 23.8 Å². The van der Waals surface area contributed by atoms with Crippen LogP contribution in [0.2, 0.25) is 0 Å². The van der Waals surface area contributed by atoms with Gasteiger partial charge < -0.3 is 4.72 Å². The molecule has 7 N–H and O–H groups in total. The van der Waals surface area contributed by atoms with Crippen molar-refractivity contribution in [1.82, 2.24) is 4.72 Å². The molecule has 0 aliphatic carbocycles. The maximum Gasteiger partial charge on any atom is 0.318 e. The van der Waals surface area contributed by atoms with Crippen molar-refractivity contribution >= 4 is 49.1 Å². The van der Waals surface area contributed by atoms with E-state index in [4.69, 9.17) is 16.6 Å². The number of hydrogen-bond donors (Lipinski definition) is 4. The summed E-state index contributed by atoms with van der Waals surface area (Å²) >= 11 is 1.28. The van der Waals surface area contributed by atoms with Crippen LogP contribution in [0, 0.1) is 0 Å². The summed E-state index contributed by atoms with van der Waals surface area (Å²) in [5.41, 5.74) is 13.5. The van der Waals surface area contributed by atoms with E-state index in [1.165, 1.54) is 11.9 Å². The second-order valence-corrected chi connectivity index (χ2v) is 7.47. The molecule has 0 bridgehead atoms. The lowest BCUT2D eigenvalue weighted by atomic mass is 10.3. The molecule has 0 fully saturated rings. The highest BCUT2D eigenvalue weighted by molar-refractivity contribution is 8.29. The van der Waals surface area contributed by atoms with Crippen molar-refractivity contribution in [1.29, 1.82) is 0 Å². The summed E-state index contributed by atoms with van der Waals surface area (Å²) < 4.78 is 28.2. The maximum atomic E-state index is 10.9. The van der Waals surface area contributed by atoms with Crippen molar-refractivity contribution in [3.8, 4) is 0 Å².